The Hall–Kier alpha value is -0.810. The molecule has 1 fully saturated rings. The molecule has 0 aliphatic carbocycles. The second kappa shape index (κ2) is 4.14. The molecule has 5 nitrogen and oxygen atoms in total. The van der Waals surface area contributed by atoms with Crippen molar-refractivity contribution in [2.24, 2.45) is 16.8 Å². The van der Waals surface area contributed by atoms with Gasteiger partial charge in [0.05, 0.1) is 5.60 Å². The van der Waals surface area contributed by atoms with E-state index in [1.165, 1.54) is 0 Å². The molecule has 2 atom stereocenters. The average Bonchev–Trinajstić information content (AvgIpc) is 2.44. The van der Waals surface area contributed by atoms with Gasteiger partial charge in [0, 0.05) is 25.6 Å². The van der Waals surface area contributed by atoms with Crippen LogP contribution >= 0.6 is 0 Å². The van der Waals surface area contributed by atoms with Crippen molar-refractivity contribution in [2.75, 3.05) is 19.6 Å². The smallest absolute Gasteiger partial charge is 0.143 e. The molecular formula is C9H19N3O2. The molecule has 0 aromatic heterocycles. The molecule has 14 heavy (non-hydrogen) atoms. The van der Waals surface area contributed by atoms with Crippen molar-refractivity contribution in [1.82, 2.24) is 4.90 Å². The maximum atomic E-state index is 9.72. The number of aliphatic hydroxyl groups is 1. The molecule has 82 valence electrons. The summed E-state index contributed by atoms with van der Waals surface area (Å²) in [6, 6.07) is 0. The van der Waals surface area contributed by atoms with Gasteiger partial charge in [0.25, 0.3) is 0 Å². The van der Waals surface area contributed by atoms with Crippen LogP contribution in [0, 0.1) is 5.92 Å². The van der Waals surface area contributed by atoms with Gasteiger partial charge >= 0.3 is 0 Å². The molecule has 4 N–H and O–H groups in total. The van der Waals surface area contributed by atoms with Crippen molar-refractivity contribution in [1.29, 1.82) is 0 Å². The highest BCUT2D eigenvalue weighted by Gasteiger charge is 2.31. The van der Waals surface area contributed by atoms with E-state index >= 15 is 0 Å². The number of hydrogen-bond acceptors (Lipinski definition) is 4. The summed E-state index contributed by atoms with van der Waals surface area (Å²) in [5.74, 6) is 0.269. The first-order chi connectivity index (χ1) is 6.44. The van der Waals surface area contributed by atoms with E-state index in [0.29, 0.717) is 6.54 Å². The van der Waals surface area contributed by atoms with Gasteiger partial charge in [0.2, 0.25) is 0 Å². The van der Waals surface area contributed by atoms with E-state index in [9.17, 15) is 5.11 Å². The summed E-state index contributed by atoms with van der Waals surface area (Å²) in [6.45, 7) is 6.00. The van der Waals surface area contributed by atoms with E-state index in [2.05, 4.69) is 10.1 Å². The van der Waals surface area contributed by atoms with E-state index in [1.807, 2.05) is 13.8 Å². The predicted octanol–water partition coefficient (Wildman–Crippen LogP) is -0.174. The molecule has 2 unspecified atom stereocenters. The van der Waals surface area contributed by atoms with Crippen LogP contribution in [0.4, 0.5) is 0 Å². The van der Waals surface area contributed by atoms with Gasteiger partial charge in [-0.3, -0.25) is 4.90 Å². The third-order valence-corrected chi connectivity index (χ3v) is 2.68. The van der Waals surface area contributed by atoms with Gasteiger partial charge in [-0.2, -0.15) is 0 Å². The highest BCUT2D eigenvalue weighted by Crippen LogP contribution is 2.20. The Morgan fingerprint density at radius 2 is 2.36 bits per heavy atom. The quantitative estimate of drug-likeness (QED) is 0.256. The van der Waals surface area contributed by atoms with Crippen molar-refractivity contribution in [3.63, 3.8) is 0 Å². The Morgan fingerprint density at radius 3 is 2.79 bits per heavy atom. The van der Waals surface area contributed by atoms with E-state index in [1.54, 1.807) is 0 Å². The lowest BCUT2D eigenvalue weighted by molar-refractivity contribution is 0.0680. The van der Waals surface area contributed by atoms with Crippen LogP contribution in [-0.4, -0.2) is 46.3 Å². The Morgan fingerprint density at radius 1 is 1.71 bits per heavy atom. The number of hydrogen-bond donors (Lipinski definition) is 3. The topological polar surface area (TPSA) is 82.1 Å². The molecule has 1 heterocycles. The fourth-order valence-corrected chi connectivity index (χ4v) is 1.77. The third kappa shape index (κ3) is 2.85. The molecule has 0 aromatic rings. The van der Waals surface area contributed by atoms with E-state index in [4.69, 9.17) is 10.9 Å². The lowest BCUT2D eigenvalue weighted by Crippen LogP contribution is -2.36. The van der Waals surface area contributed by atoms with Crippen molar-refractivity contribution >= 4 is 5.84 Å². The van der Waals surface area contributed by atoms with Crippen molar-refractivity contribution < 1.29 is 10.3 Å². The number of nitrogens with two attached hydrogens (primary N) is 1. The third-order valence-electron chi connectivity index (χ3n) is 2.68. The van der Waals surface area contributed by atoms with E-state index in [0.717, 1.165) is 19.5 Å². The number of β-amino-alcohol motifs (C(OH)–C–C–N with tert-alkyl or cyclic N) is 1. The first kappa shape index (κ1) is 11.3. The highest BCUT2D eigenvalue weighted by atomic mass is 16.4. The number of rotatable bonds is 3. The molecule has 0 spiro atoms. The van der Waals surface area contributed by atoms with Crippen LogP contribution in [-0.2, 0) is 0 Å². The second-order valence-electron chi connectivity index (χ2n) is 4.41. The van der Waals surface area contributed by atoms with Crippen LogP contribution in [0.1, 0.15) is 20.3 Å². The summed E-state index contributed by atoms with van der Waals surface area (Å²) in [5.41, 5.74) is 4.89. The first-order valence-electron chi connectivity index (χ1n) is 4.87. The van der Waals surface area contributed by atoms with Crippen LogP contribution in [0.25, 0.3) is 0 Å². The summed E-state index contributed by atoms with van der Waals surface area (Å²) >= 11 is 0. The first-order valence-corrected chi connectivity index (χ1v) is 4.87. The normalized spacial score (nSPS) is 32.1. The summed E-state index contributed by atoms with van der Waals surface area (Å²) < 4.78 is 0. The monoisotopic (exact) mass is 201 g/mol. The van der Waals surface area contributed by atoms with Crippen LogP contribution in [0.15, 0.2) is 5.16 Å². The summed E-state index contributed by atoms with van der Waals surface area (Å²) in [7, 11) is 0. The van der Waals surface area contributed by atoms with Gasteiger partial charge in [-0.05, 0) is 13.3 Å². The van der Waals surface area contributed by atoms with Crippen LogP contribution in [0.3, 0.4) is 0 Å². The Balaban J connectivity index is 2.40. The Kier molecular flexibility index (Phi) is 3.34. The van der Waals surface area contributed by atoms with E-state index in [-0.39, 0.29) is 11.8 Å². The zero-order valence-electron chi connectivity index (χ0n) is 8.77. The lowest BCUT2D eigenvalue weighted by Gasteiger charge is -2.21. The molecule has 0 bridgehead atoms. The van der Waals surface area contributed by atoms with Gasteiger partial charge in [0.1, 0.15) is 5.84 Å². The standard InChI is InChI=1S/C9H19N3O2/c1-7(8(10)11-14)5-12-4-3-9(2,13)6-12/h7,13-14H,3-6H2,1-2H3,(H2,10,11). The van der Waals surface area contributed by atoms with Crippen molar-refractivity contribution in [3.8, 4) is 0 Å². The van der Waals surface area contributed by atoms with Gasteiger partial charge in [0.15, 0.2) is 0 Å². The van der Waals surface area contributed by atoms with Gasteiger partial charge in [-0.1, -0.05) is 12.1 Å². The summed E-state index contributed by atoms with van der Waals surface area (Å²) in [4.78, 5) is 2.13. The maximum Gasteiger partial charge on any atom is 0.143 e. The summed E-state index contributed by atoms with van der Waals surface area (Å²) in [6.07, 6.45) is 0.788. The molecule has 0 aromatic carbocycles. The number of likely N-dealkylation sites (tertiary alicyclic amines) is 1. The highest BCUT2D eigenvalue weighted by molar-refractivity contribution is 5.82. The van der Waals surface area contributed by atoms with E-state index < -0.39 is 5.60 Å². The molecule has 1 aliphatic rings. The van der Waals surface area contributed by atoms with Gasteiger partial charge in [-0.25, -0.2) is 0 Å². The van der Waals surface area contributed by atoms with Crippen LogP contribution < -0.4 is 5.73 Å². The summed E-state index contributed by atoms with van der Waals surface area (Å²) in [5, 5.41) is 21.2. The van der Waals surface area contributed by atoms with Gasteiger partial charge < -0.3 is 16.0 Å². The lowest BCUT2D eigenvalue weighted by atomic mass is 10.1. The minimum Gasteiger partial charge on any atom is -0.409 e. The molecule has 1 aliphatic heterocycles. The average molecular weight is 201 g/mol. The SMILES string of the molecule is CC(CN1CCC(C)(O)C1)C(N)=NO. The second-order valence-corrected chi connectivity index (χ2v) is 4.41. The fraction of sp³-hybridized carbons (Fsp3) is 0.889. The van der Waals surface area contributed by atoms with Crippen molar-refractivity contribution in [3.05, 3.63) is 0 Å². The molecule has 0 saturated carbocycles. The molecule has 0 amide bonds. The van der Waals surface area contributed by atoms with Crippen LogP contribution in [0.5, 0.6) is 0 Å². The largest absolute Gasteiger partial charge is 0.409 e. The Bertz CT molecular complexity index is 228. The van der Waals surface area contributed by atoms with Gasteiger partial charge in [-0.15, -0.1) is 0 Å². The molecule has 1 saturated heterocycles. The number of oxime groups is 1. The Labute approximate surface area is 84.2 Å². The minimum atomic E-state index is -0.579. The van der Waals surface area contributed by atoms with Crippen molar-refractivity contribution in [2.45, 2.75) is 25.9 Å². The minimum absolute atomic E-state index is 0.0221. The number of amidine groups is 1. The molecular weight excluding hydrogens is 182 g/mol. The molecule has 5 heteroatoms. The van der Waals surface area contributed by atoms with Crippen LogP contribution in [0.2, 0.25) is 0 Å². The predicted molar refractivity (Wildman–Crippen MR) is 54.3 cm³/mol. The molecule has 1 rings (SSSR count). The zero-order chi connectivity index (χ0) is 10.8. The number of nitrogens with zero attached hydrogens (tertiary/aromatic N) is 2. The zero-order valence-corrected chi connectivity index (χ0v) is 8.77. The molecule has 0 radical (unpaired) electrons. The fourth-order valence-electron chi connectivity index (χ4n) is 1.77. The maximum absolute atomic E-state index is 9.72.